The van der Waals surface area contributed by atoms with Crippen molar-refractivity contribution >= 4 is 23.4 Å². The monoisotopic (exact) mass is 487 g/mol. The van der Waals surface area contributed by atoms with Crippen LogP contribution in [0.25, 0.3) is 0 Å². The largest absolute Gasteiger partial charge is 0.495 e. The van der Waals surface area contributed by atoms with Crippen LogP contribution in [0, 0.1) is 6.92 Å². The van der Waals surface area contributed by atoms with E-state index in [4.69, 9.17) is 9.47 Å². The van der Waals surface area contributed by atoms with Gasteiger partial charge in [0, 0.05) is 0 Å². The van der Waals surface area contributed by atoms with E-state index in [2.05, 4.69) is 20.9 Å². The van der Waals surface area contributed by atoms with Gasteiger partial charge in [-0.1, -0.05) is 71.9 Å². The van der Waals surface area contributed by atoms with Crippen molar-refractivity contribution in [3.8, 4) is 11.5 Å². The van der Waals surface area contributed by atoms with Gasteiger partial charge in [0.2, 0.25) is 11.1 Å². The van der Waals surface area contributed by atoms with Crippen molar-refractivity contribution in [2.75, 3.05) is 17.9 Å². The lowest BCUT2D eigenvalue weighted by Crippen LogP contribution is -2.41. The van der Waals surface area contributed by atoms with Gasteiger partial charge in [0.25, 0.3) is 0 Å². The first kappa shape index (κ1) is 22.8. The van der Waals surface area contributed by atoms with Crippen LogP contribution in [-0.2, 0) is 11.4 Å². The normalized spacial score (nSPS) is 16.6. The quantitative estimate of drug-likeness (QED) is 0.395. The molecule has 2 heterocycles. The number of para-hydroxylation sites is 3. The molecule has 0 saturated heterocycles. The molecule has 9 heteroatoms. The van der Waals surface area contributed by atoms with Gasteiger partial charge >= 0.3 is 0 Å². The number of aryl methyl sites for hydroxylation is 1. The van der Waals surface area contributed by atoms with E-state index in [1.165, 1.54) is 11.8 Å². The van der Waals surface area contributed by atoms with Gasteiger partial charge in [0.1, 0.15) is 23.4 Å². The van der Waals surface area contributed by atoms with Gasteiger partial charge in [0.05, 0.1) is 18.8 Å². The maximum absolute atomic E-state index is 13.5. The summed E-state index contributed by atoms with van der Waals surface area (Å²) in [5.41, 5.74) is 6.21. The van der Waals surface area contributed by atoms with Crippen LogP contribution in [0.2, 0.25) is 0 Å². The highest BCUT2D eigenvalue weighted by molar-refractivity contribution is 8.00. The molecule has 178 valence electrons. The molecule has 0 spiro atoms. The minimum Gasteiger partial charge on any atom is -0.495 e. The fraction of sp³-hybridized carbons (Fsp3) is 0.192. The number of hydrogen-bond acceptors (Lipinski definition) is 7. The lowest BCUT2D eigenvalue weighted by molar-refractivity contribution is -0.116. The number of fused-ring (bicyclic) bond motifs is 1. The third-order valence-corrected chi connectivity index (χ3v) is 6.89. The summed E-state index contributed by atoms with van der Waals surface area (Å²) in [4.78, 5) is 13.5. The number of ether oxygens (including phenoxy) is 2. The number of benzene rings is 3. The second-order valence-electron chi connectivity index (χ2n) is 8.08. The molecule has 2 atom stereocenters. The van der Waals surface area contributed by atoms with Gasteiger partial charge in [0.15, 0.2) is 5.82 Å². The second kappa shape index (κ2) is 10.1. The third kappa shape index (κ3) is 4.95. The number of thioether (sulfide) groups is 1. The zero-order valence-electron chi connectivity index (χ0n) is 19.3. The Kier molecular flexibility index (Phi) is 6.58. The van der Waals surface area contributed by atoms with Crippen molar-refractivity contribution in [3.05, 3.63) is 95.8 Å². The van der Waals surface area contributed by atoms with Crippen molar-refractivity contribution in [3.63, 3.8) is 0 Å². The van der Waals surface area contributed by atoms with Crippen LogP contribution < -0.4 is 20.2 Å². The summed E-state index contributed by atoms with van der Waals surface area (Å²) in [6, 6.07) is 24.7. The predicted octanol–water partition coefficient (Wildman–Crippen LogP) is 4.57. The molecule has 0 aliphatic carbocycles. The van der Waals surface area contributed by atoms with Gasteiger partial charge in [-0.05, 0) is 36.8 Å². The number of anilines is 1. The van der Waals surface area contributed by atoms with Gasteiger partial charge in [-0.2, -0.15) is 0 Å². The Bertz CT molecular complexity index is 1310. The molecule has 4 aromatic rings. The highest BCUT2D eigenvalue weighted by atomic mass is 32.2. The zero-order valence-corrected chi connectivity index (χ0v) is 20.2. The molecule has 1 aromatic heterocycles. The first-order valence-corrected chi connectivity index (χ1v) is 12.1. The molecule has 1 aliphatic heterocycles. The van der Waals surface area contributed by atoms with E-state index in [-0.39, 0.29) is 18.6 Å². The van der Waals surface area contributed by atoms with Gasteiger partial charge < -0.3 is 20.2 Å². The highest BCUT2D eigenvalue weighted by Gasteiger charge is 2.38. The van der Waals surface area contributed by atoms with Crippen LogP contribution in [-0.4, -0.2) is 33.1 Å². The van der Waals surface area contributed by atoms with Crippen molar-refractivity contribution < 1.29 is 14.3 Å². The van der Waals surface area contributed by atoms with E-state index in [0.29, 0.717) is 22.4 Å². The maximum atomic E-state index is 13.5. The third-order valence-electron chi connectivity index (χ3n) is 5.67. The summed E-state index contributed by atoms with van der Waals surface area (Å²) in [5, 5.41) is 11.7. The number of nitrogens with one attached hydrogen (secondary N) is 2. The van der Waals surface area contributed by atoms with Crippen LogP contribution in [0.15, 0.2) is 84.0 Å². The highest BCUT2D eigenvalue weighted by Crippen LogP contribution is 2.38. The van der Waals surface area contributed by atoms with Crippen molar-refractivity contribution in [2.45, 2.75) is 30.0 Å². The first-order valence-electron chi connectivity index (χ1n) is 11.2. The molecule has 0 radical (unpaired) electrons. The average Bonchev–Trinajstić information content (AvgIpc) is 3.30. The molecular formula is C26H25N5O3S. The number of nitrogens with zero attached hydrogens (tertiary/aromatic N) is 3. The van der Waals surface area contributed by atoms with Gasteiger partial charge in [-0.3, -0.25) is 4.79 Å². The smallest absolute Gasteiger partial charge is 0.240 e. The maximum Gasteiger partial charge on any atom is 0.240 e. The van der Waals surface area contributed by atoms with Gasteiger partial charge in [-0.15, -0.1) is 10.2 Å². The van der Waals surface area contributed by atoms with Gasteiger partial charge in [-0.25, -0.2) is 4.68 Å². The number of aromatic nitrogens is 3. The molecule has 1 amide bonds. The Morgan fingerprint density at radius 3 is 2.54 bits per heavy atom. The summed E-state index contributed by atoms with van der Waals surface area (Å²) in [7, 11) is 1.58. The van der Waals surface area contributed by atoms with E-state index >= 15 is 0 Å². The Morgan fingerprint density at radius 1 is 1.03 bits per heavy atom. The van der Waals surface area contributed by atoms with Crippen molar-refractivity contribution in [1.82, 2.24) is 14.9 Å². The zero-order chi connectivity index (χ0) is 24.2. The molecule has 0 bridgehead atoms. The van der Waals surface area contributed by atoms with Crippen LogP contribution in [0.4, 0.5) is 5.69 Å². The minimum atomic E-state index is -0.498. The minimum absolute atomic E-state index is 0.158. The summed E-state index contributed by atoms with van der Waals surface area (Å²) >= 11 is 1.37. The fourth-order valence-corrected chi connectivity index (χ4v) is 4.93. The van der Waals surface area contributed by atoms with Crippen LogP contribution in [0.1, 0.15) is 23.0 Å². The molecule has 35 heavy (non-hydrogen) atoms. The Labute approximate surface area is 207 Å². The molecule has 8 nitrogen and oxygen atoms in total. The Balaban J connectivity index is 1.43. The van der Waals surface area contributed by atoms with Crippen molar-refractivity contribution in [1.29, 1.82) is 0 Å². The van der Waals surface area contributed by atoms with E-state index in [1.807, 2.05) is 90.5 Å². The first-order chi connectivity index (χ1) is 17.1. The summed E-state index contributed by atoms with van der Waals surface area (Å²) < 4.78 is 13.1. The summed E-state index contributed by atoms with van der Waals surface area (Å²) in [5.74, 6) is 1.81. The molecule has 0 fully saturated rings. The number of carbonyl (C=O) groups excluding carboxylic acids is 1. The molecule has 1 aliphatic rings. The van der Waals surface area contributed by atoms with Crippen LogP contribution in [0.3, 0.4) is 0 Å². The van der Waals surface area contributed by atoms with Crippen molar-refractivity contribution in [2.24, 2.45) is 0 Å². The van der Waals surface area contributed by atoms with Crippen LogP contribution >= 0.6 is 11.8 Å². The number of hydrogen-bond donors (Lipinski definition) is 2. The van der Waals surface area contributed by atoms with E-state index < -0.39 is 5.25 Å². The van der Waals surface area contributed by atoms with Crippen LogP contribution in [0.5, 0.6) is 11.5 Å². The second-order valence-corrected chi connectivity index (χ2v) is 9.19. The number of methoxy groups -OCH3 is 1. The standard InChI is InChI=1S/C26H25N5O3S/c1-17-12-14-18(15-13-17)23-24(25(32)27-20-10-6-7-11-21(20)33-2)35-26-29-28-22(31(26)30-23)16-34-19-8-4-3-5-9-19/h3-15,23-24,30H,16H2,1-2H3,(H,27,32). The van der Waals surface area contributed by atoms with E-state index in [9.17, 15) is 4.79 Å². The summed E-state index contributed by atoms with van der Waals surface area (Å²) in [6.07, 6.45) is 0. The Hall–Kier alpha value is -3.98. The Morgan fingerprint density at radius 2 is 1.77 bits per heavy atom. The SMILES string of the molecule is COc1ccccc1NC(=O)C1Sc2nnc(COc3ccccc3)n2NC1c1ccc(C)cc1. The molecular weight excluding hydrogens is 462 g/mol. The van der Waals surface area contributed by atoms with E-state index in [1.54, 1.807) is 7.11 Å². The topological polar surface area (TPSA) is 90.3 Å². The molecule has 3 aromatic carbocycles. The van der Waals surface area contributed by atoms with E-state index in [0.717, 1.165) is 16.9 Å². The predicted molar refractivity (Wildman–Crippen MR) is 135 cm³/mol. The average molecular weight is 488 g/mol. The number of rotatable bonds is 7. The lowest BCUT2D eigenvalue weighted by atomic mass is 10.0. The molecule has 5 rings (SSSR count). The number of carbonyl (C=O) groups is 1. The molecule has 2 N–H and O–H groups in total. The fourth-order valence-electron chi connectivity index (χ4n) is 3.83. The molecule has 0 saturated carbocycles. The number of amides is 1. The summed E-state index contributed by atoms with van der Waals surface area (Å²) in [6.45, 7) is 2.28. The lowest BCUT2D eigenvalue weighted by Gasteiger charge is -2.33. The molecule has 2 unspecified atom stereocenters.